The molecule has 0 aromatic heterocycles. The maximum Gasteiger partial charge on any atom is 0.376 e. The summed E-state index contributed by atoms with van der Waals surface area (Å²) >= 11 is 0. The Morgan fingerprint density at radius 3 is 2.24 bits per heavy atom. The molecule has 98 valence electrons. The number of esters is 1. The molecule has 17 heavy (non-hydrogen) atoms. The van der Waals surface area contributed by atoms with Crippen molar-refractivity contribution < 1.29 is 39.5 Å². The van der Waals surface area contributed by atoms with Crippen LogP contribution in [0.3, 0.4) is 0 Å². The van der Waals surface area contributed by atoms with Crippen LogP contribution in [0.15, 0.2) is 0 Å². The first-order valence-corrected chi connectivity index (χ1v) is 4.90. The first kappa shape index (κ1) is 14.0. The number of carbonyl (C=O) groups is 2. The van der Waals surface area contributed by atoms with Gasteiger partial charge in [0.1, 0.15) is 24.4 Å². The molecular weight excluding hydrogens is 236 g/mol. The molecule has 1 saturated heterocycles. The minimum absolute atomic E-state index is 0.640. The van der Waals surface area contributed by atoms with Gasteiger partial charge >= 0.3 is 5.97 Å². The second-order valence-corrected chi connectivity index (χ2v) is 3.66. The van der Waals surface area contributed by atoms with Gasteiger partial charge in [-0.15, -0.1) is 0 Å². The van der Waals surface area contributed by atoms with Gasteiger partial charge in [0.2, 0.25) is 12.1 Å². The van der Waals surface area contributed by atoms with Gasteiger partial charge in [0.05, 0.1) is 6.61 Å². The van der Waals surface area contributed by atoms with Crippen LogP contribution in [0.2, 0.25) is 0 Å². The van der Waals surface area contributed by atoms with Crippen molar-refractivity contribution >= 4 is 11.8 Å². The van der Waals surface area contributed by atoms with Gasteiger partial charge < -0.3 is 29.9 Å². The number of aliphatic hydroxyl groups is 4. The predicted octanol–water partition coefficient (Wildman–Crippen LogP) is -3.08. The Labute approximate surface area is 96.4 Å². The highest BCUT2D eigenvalue weighted by molar-refractivity contribution is 6.32. The lowest BCUT2D eigenvalue weighted by molar-refractivity contribution is -0.291. The number of ether oxygens (including phenoxy) is 2. The molecule has 8 nitrogen and oxygen atoms in total. The highest BCUT2D eigenvalue weighted by Gasteiger charge is 2.45. The molecule has 0 amide bonds. The summed E-state index contributed by atoms with van der Waals surface area (Å²) in [4.78, 5) is 21.6. The molecule has 1 heterocycles. The Balaban J connectivity index is 2.72. The van der Waals surface area contributed by atoms with E-state index >= 15 is 0 Å². The van der Waals surface area contributed by atoms with Gasteiger partial charge in [-0.25, -0.2) is 4.79 Å². The van der Waals surface area contributed by atoms with Crippen LogP contribution < -0.4 is 0 Å². The van der Waals surface area contributed by atoms with Crippen molar-refractivity contribution in [2.24, 2.45) is 0 Å². The molecule has 5 atom stereocenters. The highest BCUT2D eigenvalue weighted by atomic mass is 16.7. The molecule has 0 saturated carbocycles. The first-order valence-electron chi connectivity index (χ1n) is 4.90. The molecule has 1 fully saturated rings. The summed E-state index contributed by atoms with van der Waals surface area (Å²) in [5, 5.41) is 37.1. The number of rotatable bonds is 3. The Morgan fingerprint density at radius 1 is 1.18 bits per heavy atom. The molecule has 8 heteroatoms. The van der Waals surface area contributed by atoms with Crippen molar-refractivity contribution in [2.75, 3.05) is 6.61 Å². The molecule has 0 aliphatic carbocycles. The monoisotopic (exact) mass is 250 g/mol. The number of carbonyl (C=O) groups excluding carboxylic acids is 2. The fourth-order valence-electron chi connectivity index (χ4n) is 1.35. The lowest BCUT2D eigenvalue weighted by Gasteiger charge is -2.38. The second-order valence-electron chi connectivity index (χ2n) is 3.66. The number of ketones is 1. The Kier molecular flexibility index (Phi) is 4.54. The van der Waals surface area contributed by atoms with Gasteiger partial charge in [-0.3, -0.25) is 4.79 Å². The van der Waals surface area contributed by atoms with Crippen molar-refractivity contribution in [1.82, 2.24) is 0 Å². The van der Waals surface area contributed by atoms with Gasteiger partial charge in [-0.05, 0) is 0 Å². The molecule has 1 aliphatic rings. The molecule has 1 aliphatic heterocycles. The largest absolute Gasteiger partial charge is 0.427 e. The van der Waals surface area contributed by atoms with Crippen LogP contribution in [0.4, 0.5) is 0 Å². The average molecular weight is 250 g/mol. The third-order valence-corrected chi connectivity index (χ3v) is 2.36. The first-order chi connectivity index (χ1) is 7.88. The van der Waals surface area contributed by atoms with Crippen LogP contribution in [0.25, 0.3) is 0 Å². The van der Waals surface area contributed by atoms with E-state index in [9.17, 15) is 24.9 Å². The van der Waals surface area contributed by atoms with Gasteiger partial charge in [0.15, 0.2) is 0 Å². The fraction of sp³-hybridized carbons (Fsp3) is 0.778. The number of hydrogen-bond acceptors (Lipinski definition) is 8. The van der Waals surface area contributed by atoms with Crippen molar-refractivity contribution in [3.63, 3.8) is 0 Å². The van der Waals surface area contributed by atoms with E-state index in [0.29, 0.717) is 0 Å². The summed E-state index contributed by atoms with van der Waals surface area (Å²) in [6.07, 6.45) is -7.68. The normalized spacial score (nSPS) is 37.6. The third-order valence-electron chi connectivity index (χ3n) is 2.36. The smallest absolute Gasteiger partial charge is 0.376 e. The van der Waals surface area contributed by atoms with E-state index < -0.39 is 49.1 Å². The number of Topliss-reactive ketones (excluding diaryl/α,β-unsaturated/α-hetero) is 1. The van der Waals surface area contributed by atoms with E-state index in [0.717, 1.165) is 6.92 Å². The average Bonchev–Trinajstić information content (AvgIpc) is 2.29. The van der Waals surface area contributed by atoms with E-state index in [4.69, 9.17) is 9.84 Å². The summed E-state index contributed by atoms with van der Waals surface area (Å²) in [5.74, 6) is -2.14. The molecule has 0 radical (unpaired) electrons. The van der Waals surface area contributed by atoms with Crippen molar-refractivity contribution in [3.8, 4) is 0 Å². The maximum absolute atomic E-state index is 11.0. The van der Waals surface area contributed by atoms with Gasteiger partial charge in [-0.1, -0.05) is 0 Å². The van der Waals surface area contributed by atoms with E-state index in [1.165, 1.54) is 0 Å². The van der Waals surface area contributed by atoms with E-state index in [1.54, 1.807) is 0 Å². The van der Waals surface area contributed by atoms with Crippen LogP contribution in [0.1, 0.15) is 6.92 Å². The molecule has 0 spiro atoms. The Morgan fingerprint density at radius 2 is 1.76 bits per heavy atom. The zero-order valence-corrected chi connectivity index (χ0v) is 9.02. The SMILES string of the molecule is CC(=O)C(=O)OC1O[C@H](CO)[C@H](O)[C@H](O)[C@H]1O. The summed E-state index contributed by atoms with van der Waals surface area (Å²) in [7, 11) is 0. The lowest BCUT2D eigenvalue weighted by atomic mass is 9.99. The van der Waals surface area contributed by atoms with Gasteiger partial charge in [0, 0.05) is 6.92 Å². The van der Waals surface area contributed by atoms with Crippen LogP contribution in [0, 0.1) is 0 Å². The minimum Gasteiger partial charge on any atom is -0.427 e. The molecule has 0 bridgehead atoms. The summed E-state index contributed by atoms with van der Waals surface area (Å²) in [6.45, 7) is 0.325. The molecular formula is C9H14O8. The van der Waals surface area contributed by atoms with Crippen LogP contribution in [-0.4, -0.2) is 69.5 Å². The standard InChI is InChI=1S/C9H14O8/c1-3(11)8(15)17-9-7(14)6(13)5(12)4(2-10)16-9/h4-7,9-10,12-14H,2H2,1H3/t4-,5+,6+,7-,9?/m1/s1. The third kappa shape index (κ3) is 2.99. The number of aliphatic hydroxyl groups excluding tert-OH is 4. The fourth-order valence-corrected chi connectivity index (χ4v) is 1.35. The quantitative estimate of drug-likeness (QED) is 0.306. The number of hydrogen-bond donors (Lipinski definition) is 4. The zero-order valence-electron chi connectivity index (χ0n) is 9.02. The van der Waals surface area contributed by atoms with Crippen LogP contribution >= 0.6 is 0 Å². The molecule has 0 aromatic rings. The summed E-state index contributed by atoms with van der Waals surface area (Å²) < 4.78 is 9.32. The van der Waals surface area contributed by atoms with Gasteiger partial charge in [-0.2, -0.15) is 0 Å². The predicted molar refractivity (Wildman–Crippen MR) is 50.5 cm³/mol. The van der Waals surface area contributed by atoms with Crippen molar-refractivity contribution in [2.45, 2.75) is 37.6 Å². The van der Waals surface area contributed by atoms with Gasteiger partial charge in [0.25, 0.3) is 0 Å². The maximum atomic E-state index is 11.0. The summed E-state index contributed by atoms with van der Waals surface area (Å²) in [6, 6.07) is 0. The highest BCUT2D eigenvalue weighted by Crippen LogP contribution is 2.21. The zero-order chi connectivity index (χ0) is 13.2. The van der Waals surface area contributed by atoms with E-state index in [1.807, 2.05) is 0 Å². The van der Waals surface area contributed by atoms with Crippen LogP contribution in [-0.2, 0) is 19.1 Å². The molecule has 0 aromatic carbocycles. The molecule has 1 unspecified atom stereocenters. The van der Waals surface area contributed by atoms with Crippen molar-refractivity contribution in [1.29, 1.82) is 0 Å². The topological polar surface area (TPSA) is 134 Å². The van der Waals surface area contributed by atoms with E-state index in [-0.39, 0.29) is 0 Å². The molecule has 4 N–H and O–H groups in total. The lowest BCUT2D eigenvalue weighted by Crippen LogP contribution is -2.59. The Bertz CT molecular complexity index is 301. The van der Waals surface area contributed by atoms with E-state index in [2.05, 4.69) is 4.74 Å². The molecule has 1 rings (SSSR count). The second kappa shape index (κ2) is 5.52. The van der Waals surface area contributed by atoms with Crippen molar-refractivity contribution in [3.05, 3.63) is 0 Å². The Hall–Kier alpha value is -1.06. The minimum atomic E-state index is -1.70. The summed E-state index contributed by atoms with van der Waals surface area (Å²) in [5.41, 5.74) is 0. The van der Waals surface area contributed by atoms with Crippen LogP contribution in [0.5, 0.6) is 0 Å².